The molecule has 1 aromatic heterocycles. The Morgan fingerprint density at radius 3 is 2.76 bits per heavy atom. The summed E-state index contributed by atoms with van der Waals surface area (Å²) in [5.74, 6) is 0.911. The molecule has 88 valence electrons. The maximum atomic E-state index is 5.57. The quantitative estimate of drug-likeness (QED) is 0.856. The molecule has 4 nitrogen and oxygen atoms in total. The van der Waals surface area contributed by atoms with Gasteiger partial charge in [0.1, 0.15) is 10.8 Å². The Kier molecular flexibility index (Phi) is 3.44. The van der Waals surface area contributed by atoms with Crippen molar-refractivity contribution in [1.29, 1.82) is 0 Å². The van der Waals surface area contributed by atoms with Crippen LogP contribution in [0.1, 0.15) is 5.56 Å². The monoisotopic (exact) mass is 310 g/mol. The van der Waals surface area contributed by atoms with Crippen molar-refractivity contribution < 1.29 is 0 Å². The molecule has 1 aromatic carbocycles. The van der Waals surface area contributed by atoms with E-state index in [-0.39, 0.29) is 0 Å². The van der Waals surface area contributed by atoms with E-state index in [4.69, 9.17) is 18.0 Å². The minimum atomic E-state index is 0.387. The minimum Gasteiger partial charge on any atom is -0.389 e. The van der Waals surface area contributed by atoms with E-state index in [1.807, 2.05) is 31.3 Å². The second-order valence-corrected chi connectivity index (χ2v) is 4.82. The van der Waals surface area contributed by atoms with Crippen molar-refractivity contribution in [3.8, 4) is 0 Å². The van der Waals surface area contributed by atoms with E-state index in [9.17, 15) is 0 Å². The van der Waals surface area contributed by atoms with E-state index >= 15 is 0 Å². The largest absolute Gasteiger partial charge is 0.389 e. The van der Waals surface area contributed by atoms with Crippen LogP contribution in [0, 0.1) is 0 Å². The Hall–Kier alpha value is -1.40. The number of aryl methyl sites for hydroxylation is 1. The Morgan fingerprint density at radius 1 is 1.47 bits per heavy atom. The van der Waals surface area contributed by atoms with E-state index in [0.717, 1.165) is 21.5 Å². The summed E-state index contributed by atoms with van der Waals surface area (Å²) in [5, 5.41) is 7.34. The first-order valence-electron chi connectivity index (χ1n) is 4.92. The highest BCUT2D eigenvalue weighted by molar-refractivity contribution is 9.10. The van der Waals surface area contributed by atoms with Gasteiger partial charge in [0.2, 0.25) is 0 Å². The predicted octanol–water partition coefficient (Wildman–Crippen LogP) is 2.56. The van der Waals surface area contributed by atoms with Gasteiger partial charge in [-0.25, -0.2) is 0 Å². The zero-order valence-electron chi connectivity index (χ0n) is 9.14. The van der Waals surface area contributed by atoms with Crippen molar-refractivity contribution in [3.63, 3.8) is 0 Å². The summed E-state index contributed by atoms with van der Waals surface area (Å²) >= 11 is 8.40. The van der Waals surface area contributed by atoms with Crippen LogP contribution >= 0.6 is 28.1 Å². The second kappa shape index (κ2) is 4.85. The van der Waals surface area contributed by atoms with Crippen LogP contribution in [-0.4, -0.2) is 14.8 Å². The van der Waals surface area contributed by atoms with Crippen molar-refractivity contribution in [2.75, 3.05) is 5.32 Å². The molecular formula is C11H11BrN4S. The Balaban J connectivity index is 2.29. The third-order valence-electron chi connectivity index (χ3n) is 2.34. The standard InChI is InChI=1S/C11H11BrN4S/c1-16-10(4-5-14-16)15-9-3-2-7(11(13)17)6-8(9)12/h2-6,15H,1H3,(H2,13,17). The van der Waals surface area contributed by atoms with Gasteiger partial charge in [-0.3, -0.25) is 4.68 Å². The van der Waals surface area contributed by atoms with Gasteiger partial charge in [-0.15, -0.1) is 0 Å². The van der Waals surface area contributed by atoms with E-state index in [0.29, 0.717) is 4.99 Å². The SMILES string of the molecule is Cn1nccc1Nc1ccc(C(N)=S)cc1Br. The Bertz CT molecular complexity index is 564. The molecule has 17 heavy (non-hydrogen) atoms. The van der Waals surface area contributed by atoms with Gasteiger partial charge in [0.05, 0.1) is 11.9 Å². The summed E-state index contributed by atoms with van der Waals surface area (Å²) in [4.78, 5) is 0.387. The van der Waals surface area contributed by atoms with Crippen LogP contribution in [0.3, 0.4) is 0 Å². The molecule has 0 radical (unpaired) electrons. The van der Waals surface area contributed by atoms with Gasteiger partial charge in [0.15, 0.2) is 0 Å². The predicted molar refractivity (Wildman–Crippen MR) is 76.5 cm³/mol. The highest BCUT2D eigenvalue weighted by Gasteiger charge is 2.05. The first-order valence-corrected chi connectivity index (χ1v) is 6.12. The third kappa shape index (κ3) is 2.65. The molecule has 2 aromatic rings. The lowest BCUT2D eigenvalue weighted by atomic mass is 10.2. The molecule has 0 saturated carbocycles. The van der Waals surface area contributed by atoms with E-state index in [2.05, 4.69) is 26.3 Å². The molecule has 0 atom stereocenters. The lowest BCUT2D eigenvalue weighted by Gasteiger charge is -2.09. The van der Waals surface area contributed by atoms with Gasteiger partial charge in [0.25, 0.3) is 0 Å². The summed E-state index contributed by atoms with van der Waals surface area (Å²) in [5.41, 5.74) is 7.34. The molecule has 0 saturated heterocycles. The Morgan fingerprint density at radius 2 is 2.24 bits per heavy atom. The average molecular weight is 311 g/mol. The normalized spacial score (nSPS) is 10.2. The molecule has 0 unspecified atom stereocenters. The van der Waals surface area contributed by atoms with E-state index in [1.165, 1.54) is 0 Å². The number of benzene rings is 1. The van der Waals surface area contributed by atoms with Gasteiger partial charge in [0, 0.05) is 23.2 Å². The fourth-order valence-corrected chi connectivity index (χ4v) is 2.01. The van der Waals surface area contributed by atoms with Crippen molar-refractivity contribution in [3.05, 3.63) is 40.5 Å². The molecule has 0 fully saturated rings. The molecule has 0 spiro atoms. The second-order valence-electron chi connectivity index (χ2n) is 3.52. The lowest BCUT2D eigenvalue weighted by molar-refractivity contribution is 0.776. The van der Waals surface area contributed by atoms with Crippen molar-refractivity contribution in [2.24, 2.45) is 12.8 Å². The third-order valence-corrected chi connectivity index (χ3v) is 3.23. The van der Waals surface area contributed by atoms with Crippen LogP contribution in [0.4, 0.5) is 11.5 Å². The summed E-state index contributed by atoms with van der Waals surface area (Å²) < 4.78 is 2.66. The summed E-state index contributed by atoms with van der Waals surface area (Å²) in [6, 6.07) is 7.59. The fraction of sp³-hybridized carbons (Fsp3) is 0.0909. The van der Waals surface area contributed by atoms with Crippen LogP contribution in [0.2, 0.25) is 0 Å². The number of nitrogens with zero attached hydrogens (tertiary/aromatic N) is 2. The maximum absolute atomic E-state index is 5.57. The number of halogens is 1. The highest BCUT2D eigenvalue weighted by Crippen LogP contribution is 2.26. The zero-order chi connectivity index (χ0) is 12.4. The van der Waals surface area contributed by atoms with Crippen LogP contribution in [0.5, 0.6) is 0 Å². The molecule has 1 heterocycles. The summed E-state index contributed by atoms with van der Waals surface area (Å²) in [6.07, 6.45) is 1.74. The fourth-order valence-electron chi connectivity index (χ4n) is 1.40. The van der Waals surface area contributed by atoms with Crippen LogP contribution in [0.15, 0.2) is 34.9 Å². The first kappa shape index (κ1) is 12.1. The van der Waals surface area contributed by atoms with Crippen LogP contribution < -0.4 is 11.1 Å². The number of nitrogens with two attached hydrogens (primary N) is 1. The molecule has 0 aliphatic carbocycles. The number of nitrogens with one attached hydrogen (secondary N) is 1. The highest BCUT2D eigenvalue weighted by atomic mass is 79.9. The van der Waals surface area contributed by atoms with Gasteiger partial charge < -0.3 is 11.1 Å². The number of aromatic nitrogens is 2. The van der Waals surface area contributed by atoms with Gasteiger partial charge >= 0.3 is 0 Å². The minimum absolute atomic E-state index is 0.387. The van der Waals surface area contributed by atoms with E-state index < -0.39 is 0 Å². The molecule has 3 N–H and O–H groups in total. The Labute approximate surface area is 113 Å². The number of rotatable bonds is 3. The first-order chi connectivity index (χ1) is 8.08. The molecule has 6 heteroatoms. The lowest BCUT2D eigenvalue weighted by Crippen LogP contribution is -2.09. The van der Waals surface area contributed by atoms with Crippen molar-refractivity contribution in [1.82, 2.24) is 9.78 Å². The van der Waals surface area contributed by atoms with Gasteiger partial charge in [-0.1, -0.05) is 12.2 Å². The average Bonchev–Trinajstić information content (AvgIpc) is 2.67. The molecule has 2 rings (SSSR count). The smallest absolute Gasteiger partial charge is 0.128 e. The van der Waals surface area contributed by atoms with Crippen molar-refractivity contribution in [2.45, 2.75) is 0 Å². The molecule has 0 bridgehead atoms. The van der Waals surface area contributed by atoms with Crippen LogP contribution in [0.25, 0.3) is 0 Å². The number of hydrogen-bond acceptors (Lipinski definition) is 3. The zero-order valence-corrected chi connectivity index (χ0v) is 11.5. The summed E-state index contributed by atoms with van der Waals surface area (Å²) in [6.45, 7) is 0. The number of thiocarbonyl (C=S) groups is 1. The topological polar surface area (TPSA) is 55.9 Å². The van der Waals surface area contributed by atoms with Crippen molar-refractivity contribution >= 4 is 44.6 Å². The molecular weight excluding hydrogens is 300 g/mol. The van der Waals surface area contributed by atoms with Gasteiger partial charge in [-0.05, 0) is 34.1 Å². The van der Waals surface area contributed by atoms with Crippen LogP contribution in [-0.2, 0) is 7.05 Å². The summed E-state index contributed by atoms with van der Waals surface area (Å²) in [7, 11) is 1.87. The number of hydrogen-bond donors (Lipinski definition) is 2. The number of anilines is 2. The molecule has 0 aliphatic heterocycles. The van der Waals surface area contributed by atoms with Gasteiger partial charge in [-0.2, -0.15) is 5.10 Å². The van der Waals surface area contributed by atoms with E-state index in [1.54, 1.807) is 10.9 Å². The molecule has 0 aliphatic rings. The maximum Gasteiger partial charge on any atom is 0.128 e. The molecule has 0 amide bonds.